The molecule has 1 aliphatic carbocycles. The summed E-state index contributed by atoms with van der Waals surface area (Å²) in [5.41, 5.74) is 0.999. The summed E-state index contributed by atoms with van der Waals surface area (Å²) in [4.78, 5) is 45.7. The van der Waals surface area contributed by atoms with Crippen molar-refractivity contribution in [3.8, 4) is 5.75 Å². The van der Waals surface area contributed by atoms with Crippen LogP contribution < -0.4 is 20.3 Å². The molecule has 3 aromatic rings. The number of nitrogens with one attached hydrogen (secondary N) is 2. The van der Waals surface area contributed by atoms with E-state index in [2.05, 4.69) is 15.6 Å². The van der Waals surface area contributed by atoms with Gasteiger partial charge in [0.25, 0.3) is 0 Å². The zero-order chi connectivity index (χ0) is 29.0. The first-order chi connectivity index (χ1) is 19.9. The average molecular weight is 561 g/mol. The van der Waals surface area contributed by atoms with Crippen LogP contribution in [0.2, 0.25) is 0 Å². The normalized spacial score (nSPS) is 14.1. The Morgan fingerprint density at radius 2 is 1.71 bits per heavy atom. The van der Waals surface area contributed by atoms with Crippen LogP contribution in [-0.2, 0) is 14.4 Å². The van der Waals surface area contributed by atoms with E-state index < -0.39 is 11.9 Å². The molecule has 0 spiro atoms. The highest BCUT2D eigenvalue weighted by molar-refractivity contribution is 6.01. The molecule has 216 valence electrons. The van der Waals surface area contributed by atoms with Crippen molar-refractivity contribution in [2.45, 2.75) is 70.4 Å². The zero-order valence-corrected chi connectivity index (χ0v) is 23.4. The lowest BCUT2D eigenvalue weighted by Gasteiger charge is -2.33. The molecule has 0 saturated heterocycles. The van der Waals surface area contributed by atoms with Gasteiger partial charge in [0, 0.05) is 30.8 Å². The Bertz CT molecular complexity index is 1280. The van der Waals surface area contributed by atoms with Crippen LogP contribution in [0.15, 0.2) is 72.9 Å². The minimum absolute atomic E-state index is 0.0112. The molecule has 0 bridgehead atoms. The van der Waals surface area contributed by atoms with E-state index in [-0.39, 0.29) is 43.0 Å². The van der Waals surface area contributed by atoms with Crippen LogP contribution in [0.1, 0.15) is 69.9 Å². The fourth-order valence-corrected chi connectivity index (χ4v) is 5.06. The number of carbonyl (C=O) groups is 3. The molecule has 4 rings (SSSR count). The van der Waals surface area contributed by atoms with Crippen molar-refractivity contribution in [3.05, 3.63) is 84.3 Å². The fourth-order valence-electron chi connectivity index (χ4n) is 5.06. The quantitative estimate of drug-likeness (QED) is 0.285. The predicted molar refractivity (Wildman–Crippen MR) is 156 cm³/mol. The van der Waals surface area contributed by atoms with E-state index in [1.807, 2.05) is 6.92 Å². The van der Waals surface area contributed by atoms with Gasteiger partial charge in [0.1, 0.15) is 23.4 Å². The molecule has 1 aliphatic rings. The lowest BCUT2D eigenvalue weighted by molar-refractivity contribution is -0.127. The molecule has 2 aromatic carbocycles. The first-order valence-corrected chi connectivity index (χ1v) is 14.3. The summed E-state index contributed by atoms with van der Waals surface area (Å²) in [6.07, 6.45) is 6.95. The third-order valence-electron chi connectivity index (χ3n) is 7.07. The van der Waals surface area contributed by atoms with Gasteiger partial charge in [0.05, 0.1) is 6.61 Å². The number of carbonyl (C=O) groups excluding carboxylic acids is 3. The van der Waals surface area contributed by atoms with Gasteiger partial charge in [0.15, 0.2) is 0 Å². The topological polar surface area (TPSA) is 101 Å². The number of halogens is 1. The number of pyridine rings is 1. The second-order valence-corrected chi connectivity index (χ2v) is 10.1. The van der Waals surface area contributed by atoms with Crippen LogP contribution in [0.25, 0.3) is 0 Å². The monoisotopic (exact) mass is 560 g/mol. The van der Waals surface area contributed by atoms with Gasteiger partial charge < -0.3 is 15.4 Å². The predicted octanol–water partition coefficient (Wildman–Crippen LogP) is 5.95. The van der Waals surface area contributed by atoms with E-state index in [1.165, 1.54) is 29.2 Å². The number of nitrogens with zero attached hydrogens (tertiary/aromatic N) is 2. The Labute approximate surface area is 240 Å². The van der Waals surface area contributed by atoms with Gasteiger partial charge in [-0.25, -0.2) is 9.37 Å². The van der Waals surface area contributed by atoms with E-state index in [0.717, 1.165) is 32.1 Å². The van der Waals surface area contributed by atoms with Crippen molar-refractivity contribution in [1.82, 2.24) is 10.3 Å². The number of anilines is 2. The second-order valence-electron chi connectivity index (χ2n) is 10.1. The lowest BCUT2D eigenvalue weighted by atomic mass is 9.94. The van der Waals surface area contributed by atoms with Crippen molar-refractivity contribution in [3.63, 3.8) is 0 Å². The number of ether oxygens (including phenoxy) is 1. The highest BCUT2D eigenvalue weighted by Gasteiger charge is 2.34. The summed E-state index contributed by atoms with van der Waals surface area (Å²) in [5, 5.41) is 5.88. The fraction of sp³-hybridized carbons (Fsp3) is 0.375. The van der Waals surface area contributed by atoms with Gasteiger partial charge in [-0.05, 0) is 80.3 Å². The minimum atomic E-state index is -0.993. The molecule has 2 N–H and O–H groups in total. The van der Waals surface area contributed by atoms with Crippen molar-refractivity contribution in [2.24, 2.45) is 0 Å². The summed E-state index contributed by atoms with van der Waals surface area (Å²) in [7, 11) is 0. The molecule has 41 heavy (non-hydrogen) atoms. The van der Waals surface area contributed by atoms with Crippen molar-refractivity contribution in [2.75, 3.05) is 16.8 Å². The molecule has 1 atom stereocenters. The summed E-state index contributed by atoms with van der Waals surface area (Å²) < 4.78 is 19.5. The molecule has 1 aromatic heterocycles. The molecule has 0 aliphatic heterocycles. The largest absolute Gasteiger partial charge is 0.494 e. The van der Waals surface area contributed by atoms with E-state index in [4.69, 9.17) is 4.74 Å². The van der Waals surface area contributed by atoms with E-state index >= 15 is 0 Å². The molecule has 8 nitrogen and oxygen atoms in total. The van der Waals surface area contributed by atoms with Crippen molar-refractivity contribution < 1.29 is 23.5 Å². The Morgan fingerprint density at radius 1 is 0.976 bits per heavy atom. The van der Waals surface area contributed by atoms with Crippen LogP contribution in [0.3, 0.4) is 0 Å². The van der Waals surface area contributed by atoms with Gasteiger partial charge >= 0.3 is 0 Å². The second kappa shape index (κ2) is 14.9. The maximum Gasteiger partial charge on any atom is 0.248 e. The molecule has 0 unspecified atom stereocenters. The molecule has 1 fully saturated rings. The number of benzene rings is 2. The van der Waals surface area contributed by atoms with E-state index in [0.29, 0.717) is 29.4 Å². The van der Waals surface area contributed by atoms with Crippen LogP contribution in [-0.4, -0.2) is 35.4 Å². The van der Waals surface area contributed by atoms with Crippen LogP contribution in [0.5, 0.6) is 5.75 Å². The molecule has 1 saturated carbocycles. The maximum absolute atomic E-state index is 13.9. The summed E-state index contributed by atoms with van der Waals surface area (Å²) in [5.74, 6) is -0.265. The van der Waals surface area contributed by atoms with Crippen LogP contribution in [0, 0.1) is 5.82 Å². The first kappa shape index (κ1) is 29.7. The third kappa shape index (κ3) is 8.61. The van der Waals surface area contributed by atoms with Gasteiger partial charge in [-0.1, -0.05) is 37.5 Å². The van der Waals surface area contributed by atoms with Gasteiger partial charge in [-0.3, -0.25) is 19.3 Å². The van der Waals surface area contributed by atoms with Gasteiger partial charge in [-0.15, -0.1) is 0 Å². The SMILES string of the molecule is CCOc1ccc([C@H](C(=O)NC2CCCCC2)N(C(=O)CCCC(=O)Nc2ccccn2)c2ccc(F)cc2)cc1. The Kier molecular flexibility index (Phi) is 10.8. The summed E-state index contributed by atoms with van der Waals surface area (Å²) in [6, 6.07) is 16.9. The smallest absolute Gasteiger partial charge is 0.248 e. The number of hydrogen-bond acceptors (Lipinski definition) is 5. The van der Waals surface area contributed by atoms with E-state index in [9.17, 15) is 18.8 Å². The van der Waals surface area contributed by atoms with Crippen LogP contribution >= 0.6 is 0 Å². The van der Waals surface area contributed by atoms with E-state index in [1.54, 1.807) is 48.7 Å². The number of aromatic nitrogens is 1. The average Bonchev–Trinajstić information content (AvgIpc) is 2.98. The Balaban J connectivity index is 1.58. The minimum Gasteiger partial charge on any atom is -0.494 e. The number of amides is 3. The maximum atomic E-state index is 13.9. The summed E-state index contributed by atoms with van der Waals surface area (Å²) in [6.45, 7) is 2.39. The lowest BCUT2D eigenvalue weighted by Crippen LogP contribution is -2.47. The van der Waals surface area contributed by atoms with Crippen LogP contribution in [0.4, 0.5) is 15.9 Å². The summed E-state index contributed by atoms with van der Waals surface area (Å²) >= 11 is 0. The van der Waals surface area contributed by atoms with Crippen molar-refractivity contribution >= 4 is 29.2 Å². The first-order valence-electron chi connectivity index (χ1n) is 14.3. The molecule has 3 amide bonds. The number of hydrogen-bond donors (Lipinski definition) is 2. The highest BCUT2D eigenvalue weighted by atomic mass is 19.1. The molecule has 0 radical (unpaired) electrons. The molecular weight excluding hydrogens is 523 g/mol. The Morgan fingerprint density at radius 3 is 2.37 bits per heavy atom. The highest BCUT2D eigenvalue weighted by Crippen LogP contribution is 2.31. The van der Waals surface area contributed by atoms with Crippen molar-refractivity contribution in [1.29, 1.82) is 0 Å². The van der Waals surface area contributed by atoms with Gasteiger partial charge in [-0.2, -0.15) is 0 Å². The molecular formula is C32H37FN4O4. The standard InChI is InChI=1S/C32H37FN4O4/c1-2-41-27-20-14-23(15-21-27)31(32(40)35-25-9-4-3-5-10-25)37(26-18-16-24(33)17-19-26)30(39)13-8-12-29(38)36-28-11-6-7-22-34-28/h6-7,11,14-22,25,31H,2-5,8-10,12-13H2,1H3,(H,35,40)(H,34,36,38)/t31-/m1/s1. The Hall–Kier alpha value is -4.27. The van der Waals surface area contributed by atoms with Gasteiger partial charge in [0.2, 0.25) is 17.7 Å². The zero-order valence-electron chi connectivity index (χ0n) is 23.4. The number of rotatable bonds is 12. The molecule has 1 heterocycles. The molecule has 9 heteroatoms. The third-order valence-corrected chi connectivity index (χ3v) is 7.07.